The van der Waals surface area contributed by atoms with E-state index in [9.17, 15) is 8.42 Å². The molecular formula is C14H14ClNO2S. The second-order valence-corrected chi connectivity index (χ2v) is 6.33. The molecule has 0 bridgehead atoms. The van der Waals surface area contributed by atoms with Crippen LogP contribution in [0.1, 0.15) is 5.56 Å². The van der Waals surface area contributed by atoms with Crippen LogP contribution in [0.25, 0.3) is 0 Å². The molecule has 0 aliphatic heterocycles. The van der Waals surface area contributed by atoms with E-state index in [-0.39, 0.29) is 4.90 Å². The minimum absolute atomic E-state index is 0.247. The normalized spacial score (nSPS) is 11.3. The van der Waals surface area contributed by atoms with Gasteiger partial charge in [-0.2, -0.15) is 0 Å². The first-order valence-corrected chi connectivity index (χ1v) is 7.72. The summed E-state index contributed by atoms with van der Waals surface area (Å²) in [6.07, 6.45) is 0. The Labute approximate surface area is 118 Å². The second-order valence-electron chi connectivity index (χ2n) is 4.09. The van der Waals surface area contributed by atoms with Gasteiger partial charge in [0.1, 0.15) is 0 Å². The van der Waals surface area contributed by atoms with E-state index in [1.54, 1.807) is 48.5 Å². The first-order chi connectivity index (χ1) is 9.05. The molecule has 2 rings (SSSR count). The molecule has 0 aromatic heterocycles. The topological polar surface area (TPSA) is 37.4 Å². The Bertz CT molecular complexity index is 656. The number of hydrogen-bond acceptors (Lipinski definition) is 2. The van der Waals surface area contributed by atoms with Gasteiger partial charge in [0.25, 0.3) is 10.0 Å². The highest BCUT2D eigenvalue weighted by molar-refractivity contribution is 7.92. The monoisotopic (exact) mass is 295 g/mol. The number of para-hydroxylation sites is 1. The maximum absolute atomic E-state index is 12.5. The Balaban J connectivity index is 2.42. The number of alkyl halides is 1. The van der Waals surface area contributed by atoms with E-state index >= 15 is 0 Å². The number of rotatable bonds is 4. The highest BCUT2D eigenvalue weighted by Crippen LogP contribution is 2.22. The fourth-order valence-electron chi connectivity index (χ4n) is 1.72. The van der Waals surface area contributed by atoms with Crippen LogP contribution in [0.15, 0.2) is 59.5 Å². The van der Waals surface area contributed by atoms with Crippen LogP contribution in [0.4, 0.5) is 5.69 Å². The summed E-state index contributed by atoms with van der Waals surface area (Å²) in [7, 11) is -2.01. The Morgan fingerprint density at radius 1 is 1.05 bits per heavy atom. The fraction of sp³-hybridized carbons (Fsp3) is 0.143. The summed E-state index contributed by atoms with van der Waals surface area (Å²) >= 11 is 5.74. The van der Waals surface area contributed by atoms with Crippen LogP contribution in [0.5, 0.6) is 0 Å². The van der Waals surface area contributed by atoms with Gasteiger partial charge in [0.2, 0.25) is 0 Å². The van der Waals surface area contributed by atoms with Gasteiger partial charge in [-0.25, -0.2) is 8.42 Å². The molecule has 0 atom stereocenters. The Hall–Kier alpha value is -1.52. The zero-order chi connectivity index (χ0) is 13.9. The molecule has 5 heteroatoms. The van der Waals surface area contributed by atoms with Gasteiger partial charge in [0.15, 0.2) is 0 Å². The number of nitrogens with zero attached hydrogens (tertiary/aromatic N) is 1. The lowest BCUT2D eigenvalue weighted by Crippen LogP contribution is -2.26. The van der Waals surface area contributed by atoms with Crippen LogP contribution in [-0.4, -0.2) is 15.5 Å². The van der Waals surface area contributed by atoms with Crippen LogP contribution >= 0.6 is 11.6 Å². The third kappa shape index (κ3) is 2.91. The molecule has 0 amide bonds. The van der Waals surface area contributed by atoms with Crippen molar-refractivity contribution in [2.24, 2.45) is 0 Å². The number of sulfonamides is 1. The smallest absolute Gasteiger partial charge is 0.264 e. The summed E-state index contributed by atoms with van der Waals surface area (Å²) in [6, 6.07) is 15.6. The third-order valence-corrected chi connectivity index (χ3v) is 4.92. The van der Waals surface area contributed by atoms with Crippen LogP contribution < -0.4 is 4.31 Å². The Kier molecular flexibility index (Phi) is 4.12. The van der Waals surface area contributed by atoms with Crippen LogP contribution in [0.3, 0.4) is 0 Å². The number of anilines is 1. The van der Waals surface area contributed by atoms with Crippen molar-refractivity contribution in [2.75, 3.05) is 11.4 Å². The Morgan fingerprint density at radius 3 is 2.37 bits per heavy atom. The molecule has 0 fully saturated rings. The van der Waals surface area contributed by atoms with E-state index in [0.717, 1.165) is 5.56 Å². The molecule has 19 heavy (non-hydrogen) atoms. The van der Waals surface area contributed by atoms with Gasteiger partial charge in [-0.15, -0.1) is 11.6 Å². The van der Waals surface area contributed by atoms with E-state index in [2.05, 4.69) is 0 Å². The van der Waals surface area contributed by atoms with Gasteiger partial charge in [-0.3, -0.25) is 4.31 Å². The van der Waals surface area contributed by atoms with Crippen molar-refractivity contribution in [3.05, 3.63) is 60.2 Å². The zero-order valence-electron chi connectivity index (χ0n) is 10.5. The largest absolute Gasteiger partial charge is 0.269 e. The van der Waals surface area contributed by atoms with Crippen molar-refractivity contribution in [1.82, 2.24) is 0 Å². The number of benzene rings is 2. The van der Waals surface area contributed by atoms with Gasteiger partial charge in [-0.05, 0) is 29.8 Å². The SMILES string of the molecule is CN(c1ccccc1)S(=O)(=O)c1cccc(CCl)c1. The second kappa shape index (κ2) is 5.63. The van der Waals surface area contributed by atoms with E-state index in [0.29, 0.717) is 11.6 Å². The van der Waals surface area contributed by atoms with Crippen molar-refractivity contribution in [3.8, 4) is 0 Å². The van der Waals surface area contributed by atoms with Gasteiger partial charge in [0, 0.05) is 12.9 Å². The predicted octanol–water partition coefficient (Wildman–Crippen LogP) is 3.25. The lowest BCUT2D eigenvalue weighted by Gasteiger charge is -2.19. The molecule has 2 aromatic carbocycles. The minimum Gasteiger partial charge on any atom is -0.269 e. The number of hydrogen-bond donors (Lipinski definition) is 0. The van der Waals surface area contributed by atoms with Gasteiger partial charge < -0.3 is 0 Å². The summed E-state index contributed by atoms with van der Waals surface area (Å²) in [5, 5.41) is 0. The van der Waals surface area contributed by atoms with E-state index < -0.39 is 10.0 Å². The molecule has 0 aliphatic rings. The third-order valence-electron chi connectivity index (χ3n) is 2.83. The standard InChI is InChI=1S/C14H14ClNO2S/c1-16(13-7-3-2-4-8-13)19(17,18)14-9-5-6-12(10-14)11-15/h2-10H,11H2,1H3. The molecule has 2 aromatic rings. The lowest BCUT2D eigenvalue weighted by molar-refractivity contribution is 0.594. The lowest BCUT2D eigenvalue weighted by atomic mass is 10.2. The molecule has 3 nitrogen and oxygen atoms in total. The molecular weight excluding hydrogens is 282 g/mol. The van der Waals surface area contributed by atoms with Crippen molar-refractivity contribution in [2.45, 2.75) is 10.8 Å². The zero-order valence-corrected chi connectivity index (χ0v) is 12.0. The predicted molar refractivity (Wildman–Crippen MR) is 78.0 cm³/mol. The summed E-state index contributed by atoms with van der Waals surface area (Å²) in [5.41, 5.74) is 1.41. The van der Waals surface area contributed by atoms with Gasteiger partial charge in [0.05, 0.1) is 10.6 Å². The number of halogens is 1. The first-order valence-electron chi connectivity index (χ1n) is 5.74. The molecule has 0 spiro atoms. The highest BCUT2D eigenvalue weighted by Gasteiger charge is 2.21. The molecule has 0 radical (unpaired) electrons. The first kappa shape index (κ1) is 13.9. The van der Waals surface area contributed by atoms with Crippen molar-refractivity contribution in [3.63, 3.8) is 0 Å². The minimum atomic E-state index is -3.55. The van der Waals surface area contributed by atoms with E-state index in [1.807, 2.05) is 6.07 Å². The van der Waals surface area contributed by atoms with Crippen molar-refractivity contribution >= 4 is 27.3 Å². The van der Waals surface area contributed by atoms with E-state index in [4.69, 9.17) is 11.6 Å². The average Bonchev–Trinajstić information content (AvgIpc) is 2.47. The molecule has 0 saturated carbocycles. The quantitative estimate of drug-likeness (QED) is 0.812. The van der Waals surface area contributed by atoms with Crippen LogP contribution in [0.2, 0.25) is 0 Å². The molecule has 0 aliphatic carbocycles. The summed E-state index contributed by atoms with van der Waals surface area (Å²) in [6.45, 7) is 0. The fourth-order valence-corrected chi connectivity index (χ4v) is 3.16. The maximum atomic E-state index is 12.5. The maximum Gasteiger partial charge on any atom is 0.264 e. The van der Waals surface area contributed by atoms with E-state index in [1.165, 1.54) is 11.4 Å². The molecule has 0 unspecified atom stereocenters. The summed E-state index contributed by atoms with van der Waals surface area (Å²) < 4.78 is 26.2. The molecule has 100 valence electrons. The van der Waals surface area contributed by atoms with Crippen molar-refractivity contribution in [1.29, 1.82) is 0 Å². The average molecular weight is 296 g/mol. The Morgan fingerprint density at radius 2 is 1.74 bits per heavy atom. The van der Waals surface area contributed by atoms with Crippen molar-refractivity contribution < 1.29 is 8.42 Å². The van der Waals surface area contributed by atoms with Gasteiger partial charge in [-0.1, -0.05) is 30.3 Å². The van der Waals surface area contributed by atoms with Gasteiger partial charge >= 0.3 is 0 Å². The van der Waals surface area contributed by atoms with Crippen LogP contribution in [0, 0.1) is 0 Å². The molecule has 0 N–H and O–H groups in total. The summed E-state index contributed by atoms with van der Waals surface area (Å²) in [4.78, 5) is 0.247. The molecule has 0 saturated heterocycles. The molecule has 0 heterocycles. The summed E-state index contributed by atoms with van der Waals surface area (Å²) in [5.74, 6) is 0.290. The highest BCUT2D eigenvalue weighted by atomic mass is 35.5. The van der Waals surface area contributed by atoms with Crippen LogP contribution in [-0.2, 0) is 15.9 Å².